The molecule has 0 saturated carbocycles. The molecule has 0 aromatic heterocycles. The number of hydrogen-bond acceptors (Lipinski definition) is 2. The summed E-state index contributed by atoms with van der Waals surface area (Å²) in [6.45, 7) is 11.7. The van der Waals surface area contributed by atoms with Crippen molar-refractivity contribution in [2.75, 3.05) is 34.3 Å². The minimum atomic E-state index is -0.342. The molecule has 4 heteroatoms. The number of carbonyl (C=O) groups excluding carboxylic acids is 1. The summed E-state index contributed by atoms with van der Waals surface area (Å²) in [6, 6.07) is 10.6. The van der Waals surface area contributed by atoms with Crippen molar-refractivity contribution in [2.24, 2.45) is 5.41 Å². The number of ether oxygens (including phenoxy) is 1. The summed E-state index contributed by atoms with van der Waals surface area (Å²) >= 11 is 0. The van der Waals surface area contributed by atoms with E-state index in [0.29, 0.717) is 12.5 Å². The zero-order valence-corrected chi connectivity index (χ0v) is 18.2. The monoisotopic (exact) mass is 435 g/mol. The van der Waals surface area contributed by atoms with Gasteiger partial charge < -0.3 is 21.6 Å². The van der Waals surface area contributed by atoms with Crippen molar-refractivity contribution >= 4 is 5.97 Å². The molecule has 178 valence electrons. The van der Waals surface area contributed by atoms with Gasteiger partial charge in [-0.1, -0.05) is 80.8 Å². The van der Waals surface area contributed by atoms with Gasteiger partial charge in [0.25, 0.3) is 0 Å². The molecule has 29 heavy (non-hydrogen) atoms. The first-order valence-corrected chi connectivity index (χ1v) is 9.06. The minimum absolute atomic E-state index is 0. The highest BCUT2D eigenvalue weighted by atomic mass is 35.5. The topological polar surface area (TPSA) is 26.3 Å². The molecule has 1 unspecified atom stereocenters. The first kappa shape index (κ1) is 42.1. The van der Waals surface area contributed by atoms with Crippen LogP contribution in [0.25, 0.3) is 0 Å². The first-order chi connectivity index (χ1) is 11.0. The Morgan fingerprint density at radius 2 is 1.45 bits per heavy atom. The van der Waals surface area contributed by atoms with Gasteiger partial charge in [0.15, 0.2) is 0 Å². The lowest BCUT2D eigenvalue weighted by Crippen LogP contribution is -3.00. The summed E-state index contributed by atoms with van der Waals surface area (Å²) in [5.41, 5.74) is 1.11. The smallest absolute Gasteiger partial charge is 0.311 e. The van der Waals surface area contributed by atoms with Crippen LogP contribution in [0.1, 0.15) is 88.6 Å². The molecule has 3 nitrogen and oxygen atoms in total. The number of nitrogens with zero attached hydrogens (tertiary/aromatic N) is 1. The third kappa shape index (κ3) is 20.0. The average Bonchev–Trinajstić information content (AvgIpc) is 2.54. The van der Waals surface area contributed by atoms with Crippen molar-refractivity contribution in [3.8, 4) is 0 Å². The highest BCUT2D eigenvalue weighted by Crippen LogP contribution is 2.21. The number of quaternary nitrogens is 1. The Hall–Kier alpha value is -1.06. The number of esters is 1. The van der Waals surface area contributed by atoms with Gasteiger partial charge in [0.1, 0.15) is 13.2 Å². The summed E-state index contributed by atoms with van der Waals surface area (Å²) in [7, 11) is 6.25. The van der Waals surface area contributed by atoms with Crippen molar-refractivity contribution < 1.29 is 26.4 Å². The number of halogens is 1. The Bertz CT molecular complexity index is 467. The fourth-order valence-corrected chi connectivity index (χ4v) is 1.77. The maximum Gasteiger partial charge on any atom is 0.311 e. The fraction of sp³-hybridized carbons (Fsp3) is 0.720. The Morgan fingerprint density at radius 3 is 1.79 bits per heavy atom. The molecule has 0 amide bonds. The Balaban J connectivity index is -0.0000000801. The van der Waals surface area contributed by atoms with Crippen molar-refractivity contribution in [3.63, 3.8) is 0 Å². The predicted molar refractivity (Wildman–Crippen MR) is 130 cm³/mol. The van der Waals surface area contributed by atoms with Crippen LogP contribution in [0.15, 0.2) is 30.3 Å². The van der Waals surface area contributed by atoms with Crippen LogP contribution >= 0.6 is 0 Å². The second kappa shape index (κ2) is 20.2. The van der Waals surface area contributed by atoms with E-state index in [1.165, 1.54) is 12.0 Å². The molecular formula is C25H54ClNO2. The third-order valence-corrected chi connectivity index (χ3v) is 4.41. The summed E-state index contributed by atoms with van der Waals surface area (Å²) in [5.74, 6) is 0.620. The molecule has 0 aliphatic heterocycles. The van der Waals surface area contributed by atoms with Crippen molar-refractivity contribution in [2.45, 2.75) is 83.1 Å². The van der Waals surface area contributed by atoms with Gasteiger partial charge in [-0.2, -0.15) is 0 Å². The van der Waals surface area contributed by atoms with Crippen molar-refractivity contribution in [3.05, 3.63) is 35.9 Å². The quantitative estimate of drug-likeness (QED) is 0.468. The molecule has 0 fully saturated rings. The van der Waals surface area contributed by atoms with Crippen LogP contribution in [0.4, 0.5) is 0 Å². The first-order valence-electron chi connectivity index (χ1n) is 9.06. The summed E-state index contributed by atoms with van der Waals surface area (Å²) < 4.78 is 6.04. The molecule has 0 aliphatic rings. The third-order valence-electron chi connectivity index (χ3n) is 4.41. The van der Waals surface area contributed by atoms with Crippen molar-refractivity contribution in [1.29, 1.82) is 0 Å². The normalized spacial score (nSPS) is 10.6. The van der Waals surface area contributed by atoms with Gasteiger partial charge in [0.05, 0.1) is 26.6 Å². The van der Waals surface area contributed by atoms with E-state index in [9.17, 15) is 4.79 Å². The van der Waals surface area contributed by atoms with Gasteiger partial charge in [0, 0.05) is 0 Å². The van der Waals surface area contributed by atoms with Gasteiger partial charge >= 0.3 is 5.97 Å². The molecule has 0 heterocycles. The number of hydrogen-bond donors (Lipinski definition) is 0. The molecule has 0 N–H and O–H groups in total. The van der Waals surface area contributed by atoms with Crippen LogP contribution in [0, 0.1) is 5.41 Å². The standard InChI is InChI=1S/C11H24NO2.C10H14.4CH4.ClH/c1-7-11(2,3)10(13)14-9-8-12(4,5)6;1-3-9(2)10-7-5-4-6-8-10;;;;;/h7-9H2,1-6H3;4-9H,3H2,1-2H3;4*1H4;1H/q+1;;;;;;/p-1. The lowest BCUT2D eigenvalue weighted by Gasteiger charge is -2.25. The molecule has 0 aliphatic carbocycles. The van der Waals surface area contributed by atoms with E-state index in [0.717, 1.165) is 17.4 Å². The van der Waals surface area contributed by atoms with E-state index >= 15 is 0 Å². The van der Waals surface area contributed by atoms with Crippen LogP contribution in [-0.4, -0.2) is 44.7 Å². The van der Waals surface area contributed by atoms with E-state index in [1.807, 2.05) is 20.8 Å². The highest BCUT2D eigenvalue weighted by Gasteiger charge is 2.27. The number of likely N-dealkylation sites (N-methyl/N-ethyl adjacent to an activating group) is 1. The molecule has 0 radical (unpaired) electrons. The average molecular weight is 436 g/mol. The lowest BCUT2D eigenvalue weighted by atomic mass is 9.91. The van der Waals surface area contributed by atoms with E-state index in [1.54, 1.807) is 0 Å². The maximum absolute atomic E-state index is 11.6. The summed E-state index contributed by atoms with van der Waals surface area (Å²) in [6.07, 6.45) is 2.04. The van der Waals surface area contributed by atoms with E-state index in [-0.39, 0.29) is 53.5 Å². The molecule has 0 saturated heterocycles. The van der Waals surface area contributed by atoms with Crippen molar-refractivity contribution in [1.82, 2.24) is 0 Å². The molecule has 0 spiro atoms. The van der Waals surface area contributed by atoms with Gasteiger partial charge in [-0.15, -0.1) is 0 Å². The molecule has 1 atom stereocenters. The zero-order valence-electron chi connectivity index (χ0n) is 17.4. The van der Waals surface area contributed by atoms with Crippen LogP contribution < -0.4 is 12.4 Å². The summed E-state index contributed by atoms with van der Waals surface area (Å²) in [4.78, 5) is 11.6. The Kier molecular flexibility index (Phi) is 29.4. The van der Waals surface area contributed by atoms with Gasteiger partial charge in [-0.3, -0.25) is 4.79 Å². The van der Waals surface area contributed by atoms with Gasteiger partial charge in [-0.25, -0.2) is 0 Å². The molecule has 0 bridgehead atoms. The fourth-order valence-electron chi connectivity index (χ4n) is 1.77. The number of benzene rings is 1. The van der Waals surface area contributed by atoms with Crippen LogP contribution in [-0.2, 0) is 9.53 Å². The molecule has 1 rings (SSSR count). The molecule has 1 aromatic rings. The Labute approximate surface area is 191 Å². The van der Waals surface area contributed by atoms with Crippen LogP contribution in [0.5, 0.6) is 0 Å². The molecule has 1 aromatic carbocycles. The second-order valence-corrected chi connectivity index (χ2v) is 8.11. The number of carbonyl (C=O) groups is 1. The number of rotatable bonds is 7. The van der Waals surface area contributed by atoms with Gasteiger partial charge in [-0.05, 0) is 38.2 Å². The van der Waals surface area contributed by atoms with E-state index in [4.69, 9.17) is 4.74 Å². The highest BCUT2D eigenvalue weighted by molar-refractivity contribution is 5.75. The largest absolute Gasteiger partial charge is 1.00 e. The zero-order chi connectivity index (χ0) is 18.8. The van der Waals surface area contributed by atoms with Crippen LogP contribution in [0.2, 0.25) is 0 Å². The molecular weight excluding hydrogens is 382 g/mol. The predicted octanol–water partition coefficient (Wildman–Crippen LogP) is 4.42. The SMILES string of the molecule is C.C.C.C.CCC(C)(C)C(=O)OCC[N+](C)(C)C.CCC(C)c1ccccc1.[Cl-]. The Morgan fingerprint density at radius 1 is 1.00 bits per heavy atom. The lowest BCUT2D eigenvalue weighted by molar-refractivity contribution is -0.870. The maximum atomic E-state index is 11.6. The second-order valence-electron chi connectivity index (χ2n) is 8.11. The van der Waals surface area contributed by atoms with E-state index in [2.05, 4.69) is 65.3 Å². The van der Waals surface area contributed by atoms with E-state index < -0.39 is 0 Å². The minimum Gasteiger partial charge on any atom is -1.00 e. The summed E-state index contributed by atoms with van der Waals surface area (Å²) in [5, 5.41) is 0. The van der Waals surface area contributed by atoms with Crippen LogP contribution in [0.3, 0.4) is 0 Å². The van der Waals surface area contributed by atoms with Gasteiger partial charge in [0.2, 0.25) is 0 Å².